The van der Waals surface area contributed by atoms with Gasteiger partial charge in [0.1, 0.15) is 0 Å². The standard InChI is InChI=1S/C19H16Cl2N8O/c1-19(2)7-11(12-9-22-15-6-14(21)27-28(15)16(12)19)18(30)26-10-5-13(20)17(23-8-10)29-24-3-4-25-29/h3-6,8-9,11H,7H2,1-2H3,(H,26,30). The summed E-state index contributed by atoms with van der Waals surface area (Å²) in [5, 5.41) is 16.0. The minimum absolute atomic E-state index is 0.163. The lowest BCUT2D eigenvalue weighted by molar-refractivity contribution is -0.117. The first-order valence-electron chi connectivity index (χ1n) is 9.21. The van der Waals surface area contributed by atoms with Gasteiger partial charge in [-0.3, -0.25) is 4.79 Å². The zero-order valence-electron chi connectivity index (χ0n) is 16.0. The van der Waals surface area contributed by atoms with Crippen LogP contribution < -0.4 is 5.32 Å². The number of hydrogen-bond acceptors (Lipinski definition) is 6. The number of amides is 1. The van der Waals surface area contributed by atoms with E-state index in [9.17, 15) is 4.79 Å². The Hall–Kier alpha value is -3.04. The third kappa shape index (κ3) is 3.01. The molecule has 0 fully saturated rings. The molecule has 1 N–H and O–H groups in total. The number of nitrogens with zero attached hydrogens (tertiary/aromatic N) is 7. The van der Waals surface area contributed by atoms with E-state index in [-0.39, 0.29) is 17.2 Å². The average molecular weight is 443 g/mol. The monoisotopic (exact) mass is 442 g/mol. The summed E-state index contributed by atoms with van der Waals surface area (Å²) >= 11 is 12.4. The van der Waals surface area contributed by atoms with Crippen molar-refractivity contribution in [3.8, 4) is 5.82 Å². The number of carbonyl (C=O) groups excluding carboxylic acids is 1. The van der Waals surface area contributed by atoms with Crippen molar-refractivity contribution in [2.45, 2.75) is 31.6 Å². The first kappa shape index (κ1) is 19.0. The second-order valence-corrected chi connectivity index (χ2v) is 8.57. The quantitative estimate of drug-likeness (QED) is 0.521. The van der Waals surface area contributed by atoms with E-state index < -0.39 is 0 Å². The van der Waals surface area contributed by atoms with Crippen LogP contribution in [0.25, 0.3) is 11.5 Å². The Labute approximate surface area is 181 Å². The van der Waals surface area contributed by atoms with Gasteiger partial charge < -0.3 is 5.32 Å². The predicted octanol–water partition coefficient (Wildman–Crippen LogP) is 3.42. The summed E-state index contributed by atoms with van der Waals surface area (Å²) in [6.45, 7) is 4.16. The molecule has 11 heteroatoms. The Morgan fingerprint density at radius 2 is 1.93 bits per heavy atom. The molecule has 0 aromatic carbocycles. The fourth-order valence-corrected chi connectivity index (χ4v) is 4.42. The van der Waals surface area contributed by atoms with Crippen molar-refractivity contribution in [1.29, 1.82) is 0 Å². The fourth-order valence-electron chi connectivity index (χ4n) is 4.00. The Morgan fingerprint density at radius 1 is 1.17 bits per heavy atom. The van der Waals surface area contributed by atoms with E-state index in [1.165, 1.54) is 23.4 Å². The van der Waals surface area contributed by atoms with Crippen molar-refractivity contribution in [2.24, 2.45) is 0 Å². The van der Waals surface area contributed by atoms with Gasteiger partial charge >= 0.3 is 0 Å². The van der Waals surface area contributed by atoms with Gasteiger partial charge in [0, 0.05) is 23.2 Å². The SMILES string of the molecule is CC1(C)CC(C(=O)Nc2cnc(-n3nccn3)c(Cl)c2)c2cnc3cc(Cl)nn3c21. The van der Waals surface area contributed by atoms with Crippen LogP contribution in [0.15, 0.2) is 36.9 Å². The highest BCUT2D eigenvalue weighted by atomic mass is 35.5. The van der Waals surface area contributed by atoms with E-state index in [2.05, 4.69) is 44.4 Å². The molecule has 0 saturated carbocycles. The minimum Gasteiger partial charge on any atom is -0.324 e. The van der Waals surface area contributed by atoms with Gasteiger partial charge in [-0.2, -0.15) is 15.3 Å². The zero-order chi connectivity index (χ0) is 21.0. The molecule has 0 saturated heterocycles. The van der Waals surface area contributed by atoms with E-state index in [0.29, 0.717) is 33.7 Å². The summed E-state index contributed by atoms with van der Waals surface area (Å²) in [4.78, 5) is 23.1. The normalized spacial score (nSPS) is 17.3. The van der Waals surface area contributed by atoms with Crippen LogP contribution in [0.4, 0.5) is 5.69 Å². The Balaban J connectivity index is 1.46. The van der Waals surface area contributed by atoms with Crippen molar-refractivity contribution in [3.05, 3.63) is 58.4 Å². The summed E-state index contributed by atoms with van der Waals surface area (Å²) in [5.41, 5.74) is 2.64. The highest BCUT2D eigenvalue weighted by molar-refractivity contribution is 6.32. The molecule has 152 valence electrons. The Morgan fingerprint density at radius 3 is 2.67 bits per heavy atom. The molecule has 30 heavy (non-hydrogen) atoms. The van der Waals surface area contributed by atoms with E-state index in [0.717, 1.165) is 11.3 Å². The van der Waals surface area contributed by atoms with Crippen LogP contribution in [0.2, 0.25) is 10.2 Å². The van der Waals surface area contributed by atoms with Crippen LogP contribution in [0, 0.1) is 0 Å². The molecule has 1 amide bonds. The number of nitrogens with one attached hydrogen (secondary N) is 1. The van der Waals surface area contributed by atoms with E-state index in [4.69, 9.17) is 23.2 Å². The van der Waals surface area contributed by atoms with Gasteiger partial charge in [-0.05, 0) is 12.5 Å². The summed E-state index contributed by atoms with van der Waals surface area (Å²) in [5.74, 6) is -0.167. The van der Waals surface area contributed by atoms with Crippen LogP contribution in [-0.2, 0) is 10.2 Å². The smallest absolute Gasteiger partial charge is 0.232 e. The minimum atomic E-state index is -0.388. The third-order valence-corrected chi connectivity index (χ3v) is 5.69. The van der Waals surface area contributed by atoms with Crippen molar-refractivity contribution in [3.63, 3.8) is 0 Å². The van der Waals surface area contributed by atoms with Gasteiger partial charge in [0.05, 0.1) is 40.9 Å². The van der Waals surface area contributed by atoms with Crippen LogP contribution in [0.3, 0.4) is 0 Å². The average Bonchev–Trinajstić information content (AvgIpc) is 3.39. The van der Waals surface area contributed by atoms with Gasteiger partial charge in [0.25, 0.3) is 0 Å². The molecule has 5 rings (SSSR count). The molecule has 0 bridgehead atoms. The van der Waals surface area contributed by atoms with Crippen LogP contribution >= 0.6 is 23.2 Å². The maximum Gasteiger partial charge on any atom is 0.232 e. The lowest BCUT2D eigenvalue weighted by Gasteiger charge is -2.19. The van der Waals surface area contributed by atoms with Crippen LogP contribution in [-0.4, -0.2) is 40.5 Å². The molecule has 0 spiro atoms. The molecule has 4 aromatic heterocycles. The van der Waals surface area contributed by atoms with Crippen molar-refractivity contribution < 1.29 is 4.79 Å². The maximum absolute atomic E-state index is 13.1. The highest BCUT2D eigenvalue weighted by Crippen LogP contribution is 2.46. The van der Waals surface area contributed by atoms with Crippen LogP contribution in [0.5, 0.6) is 0 Å². The lowest BCUT2D eigenvalue weighted by atomic mass is 9.88. The summed E-state index contributed by atoms with van der Waals surface area (Å²) < 4.78 is 1.73. The van der Waals surface area contributed by atoms with E-state index in [1.54, 1.807) is 22.8 Å². The molecule has 0 radical (unpaired) electrons. The number of pyridine rings is 1. The van der Waals surface area contributed by atoms with Gasteiger partial charge in [0.2, 0.25) is 5.91 Å². The maximum atomic E-state index is 13.1. The third-order valence-electron chi connectivity index (χ3n) is 5.23. The lowest BCUT2D eigenvalue weighted by Crippen LogP contribution is -2.21. The molecular weight excluding hydrogens is 427 g/mol. The molecular formula is C19H16Cl2N8O. The number of aromatic nitrogens is 7. The molecule has 1 aliphatic carbocycles. The number of fused-ring (bicyclic) bond motifs is 3. The topological polar surface area (TPSA) is 103 Å². The molecule has 4 aromatic rings. The predicted molar refractivity (Wildman–Crippen MR) is 111 cm³/mol. The van der Waals surface area contributed by atoms with Gasteiger partial charge in [-0.25, -0.2) is 14.5 Å². The summed E-state index contributed by atoms with van der Waals surface area (Å²) in [6, 6.07) is 3.33. The second kappa shape index (κ2) is 6.75. The van der Waals surface area contributed by atoms with E-state index in [1.807, 2.05) is 0 Å². The van der Waals surface area contributed by atoms with Crippen molar-refractivity contribution >= 4 is 40.4 Å². The van der Waals surface area contributed by atoms with Crippen LogP contribution in [0.1, 0.15) is 37.4 Å². The molecule has 9 nitrogen and oxygen atoms in total. The number of anilines is 1. The molecule has 1 atom stereocenters. The molecule has 1 unspecified atom stereocenters. The molecule has 0 aliphatic heterocycles. The zero-order valence-corrected chi connectivity index (χ0v) is 17.6. The summed E-state index contributed by atoms with van der Waals surface area (Å²) in [6.07, 6.45) is 6.94. The van der Waals surface area contributed by atoms with E-state index >= 15 is 0 Å². The van der Waals surface area contributed by atoms with Gasteiger partial charge in [-0.15, -0.1) is 4.80 Å². The second-order valence-electron chi connectivity index (χ2n) is 7.78. The highest BCUT2D eigenvalue weighted by Gasteiger charge is 2.43. The molecule has 1 aliphatic rings. The van der Waals surface area contributed by atoms with Gasteiger partial charge in [-0.1, -0.05) is 37.0 Å². The number of halogens is 2. The number of rotatable bonds is 3. The Bertz CT molecular complexity index is 1280. The van der Waals surface area contributed by atoms with Gasteiger partial charge in [0.15, 0.2) is 16.6 Å². The fraction of sp³-hybridized carbons (Fsp3) is 0.263. The summed E-state index contributed by atoms with van der Waals surface area (Å²) in [7, 11) is 0. The van der Waals surface area contributed by atoms with Crippen molar-refractivity contribution in [1.82, 2.24) is 34.6 Å². The first-order chi connectivity index (χ1) is 14.3. The van der Waals surface area contributed by atoms with Crippen molar-refractivity contribution in [2.75, 3.05) is 5.32 Å². The number of carbonyl (C=O) groups is 1. The number of hydrogen-bond donors (Lipinski definition) is 1. The molecule has 4 heterocycles. The largest absolute Gasteiger partial charge is 0.324 e. The first-order valence-corrected chi connectivity index (χ1v) is 9.97. The Kier molecular flexibility index (Phi) is 4.26.